The van der Waals surface area contributed by atoms with E-state index in [0.717, 1.165) is 15.6 Å². The summed E-state index contributed by atoms with van der Waals surface area (Å²) >= 11 is 6.79. The molecule has 0 aliphatic heterocycles. The van der Waals surface area contributed by atoms with Gasteiger partial charge in [-0.05, 0) is 74.7 Å². The summed E-state index contributed by atoms with van der Waals surface area (Å²) in [5.74, 6) is 0.0320. The highest BCUT2D eigenvalue weighted by molar-refractivity contribution is 9.11. The zero-order valence-corrected chi connectivity index (χ0v) is 14.3. The van der Waals surface area contributed by atoms with E-state index in [0.29, 0.717) is 15.7 Å². The number of benzene rings is 1. The first-order valence-corrected chi connectivity index (χ1v) is 7.87. The van der Waals surface area contributed by atoms with Crippen LogP contribution in [0.3, 0.4) is 0 Å². The number of phenolic OH excluding ortho intramolecular Hbond substituents is 1. The van der Waals surface area contributed by atoms with Crippen LogP contribution in [0.2, 0.25) is 0 Å². The third kappa shape index (κ3) is 2.30. The van der Waals surface area contributed by atoms with Crippen LogP contribution in [0.4, 0.5) is 0 Å². The molecule has 0 saturated heterocycles. The lowest BCUT2D eigenvalue weighted by molar-refractivity contribution is 0.103. The highest BCUT2D eigenvalue weighted by Crippen LogP contribution is 2.31. The molecular formula is C16H11Br2NO2. The van der Waals surface area contributed by atoms with Crippen molar-refractivity contribution in [1.29, 1.82) is 0 Å². The minimum Gasteiger partial charge on any atom is -0.507 e. The molecule has 1 aromatic carbocycles. The van der Waals surface area contributed by atoms with E-state index >= 15 is 0 Å². The summed E-state index contributed by atoms with van der Waals surface area (Å²) in [6.45, 7) is 1.92. The van der Waals surface area contributed by atoms with Crippen molar-refractivity contribution < 1.29 is 9.90 Å². The number of nitrogens with zero attached hydrogens (tertiary/aromatic N) is 1. The van der Waals surface area contributed by atoms with Gasteiger partial charge in [0.25, 0.3) is 0 Å². The molecule has 5 heteroatoms. The Kier molecular flexibility index (Phi) is 3.63. The summed E-state index contributed by atoms with van der Waals surface area (Å²) < 4.78 is 3.30. The summed E-state index contributed by atoms with van der Waals surface area (Å²) in [5.41, 5.74) is 3.00. The molecule has 3 rings (SSSR count). The highest BCUT2D eigenvalue weighted by atomic mass is 79.9. The zero-order chi connectivity index (χ0) is 15.1. The van der Waals surface area contributed by atoms with Crippen molar-refractivity contribution in [3.63, 3.8) is 0 Å². The third-order valence-corrected chi connectivity index (χ3v) is 5.07. The van der Waals surface area contributed by atoms with Crippen LogP contribution in [0, 0.1) is 6.92 Å². The molecule has 0 atom stereocenters. The molecule has 21 heavy (non-hydrogen) atoms. The standard InChI is InChI=1S/C16H11Br2NO2/c1-9-14(18)12-4-2-3-7-19(12)15(9)16(21)10-5-6-13(20)11(17)8-10/h2-8,20H,1H3. The van der Waals surface area contributed by atoms with E-state index in [-0.39, 0.29) is 11.5 Å². The first-order chi connectivity index (χ1) is 10.0. The number of fused-ring (bicyclic) bond motifs is 1. The van der Waals surface area contributed by atoms with Crippen LogP contribution in [-0.2, 0) is 0 Å². The van der Waals surface area contributed by atoms with Gasteiger partial charge in [0, 0.05) is 16.2 Å². The van der Waals surface area contributed by atoms with E-state index in [4.69, 9.17) is 0 Å². The molecule has 2 aromatic heterocycles. The summed E-state index contributed by atoms with van der Waals surface area (Å²) in [6, 6.07) is 10.6. The van der Waals surface area contributed by atoms with Crippen LogP contribution in [0.5, 0.6) is 5.75 Å². The van der Waals surface area contributed by atoms with Crippen molar-refractivity contribution in [2.75, 3.05) is 0 Å². The van der Waals surface area contributed by atoms with E-state index in [2.05, 4.69) is 31.9 Å². The van der Waals surface area contributed by atoms with Crippen molar-refractivity contribution in [3.05, 3.63) is 68.4 Å². The average Bonchev–Trinajstić information content (AvgIpc) is 2.74. The van der Waals surface area contributed by atoms with Gasteiger partial charge in [0.2, 0.25) is 5.78 Å². The molecule has 0 fully saturated rings. The topological polar surface area (TPSA) is 41.7 Å². The van der Waals surface area contributed by atoms with Crippen molar-refractivity contribution in [2.24, 2.45) is 0 Å². The van der Waals surface area contributed by atoms with Gasteiger partial charge in [-0.15, -0.1) is 0 Å². The molecule has 0 spiro atoms. The predicted octanol–water partition coefficient (Wildman–Crippen LogP) is 4.71. The van der Waals surface area contributed by atoms with E-state index in [1.165, 1.54) is 6.07 Å². The number of aromatic hydroxyl groups is 1. The molecule has 3 aromatic rings. The molecule has 2 heterocycles. The van der Waals surface area contributed by atoms with Gasteiger partial charge in [-0.2, -0.15) is 0 Å². The Morgan fingerprint density at radius 3 is 2.67 bits per heavy atom. The van der Waals surface area contributed by atoms with Crippen LogP contribution in [0.15, 0.2) is 51.5 Å². The number of pyridine rings is 1. The van der Waals surface area contributed by atoms with Crippen LogP contribution >= 0.6 is 31.9 Å². The van der Waals surface area contributed by atoms with Gasteiger partial charge in [-0.3, -0.25) is 4.79 Å². The Morgan fingerprint density at radius 1 is 1.19 bits per heavy atom. The normalized spacial score (nSPS) is 11.0. The SMILES string of the molecule is Cc1c(Br)c2ccccn2c1C(=O)c1ccc(O)c(Br)c1. The lowest BCUT2D eigenvalue weighted by Gasteiger charge is -2.05. The van der Waals surface area contributed by atoms with Crippen LogP contribution < -0.4 is 0 Å². The number of halogens is 2. The average molecular weight is 409 g/mol. The number of phenols is 1. The molecule has 0 radical (unpaired) electrons. The maximum atomic E-state index is 12.8. The second kappa shape index (κ2) is 5.31. The second-order valence-electron chi connectivity index (χ2n) is 4.74. The first-order valence-electron chi connectivity index (χ1n) is 6.29. The largest absolute Gasteiger partial charge is 0.507 e. The van der Waals surface area contributed by atoms with E-state index in [9.17, 15) is 9.90 Å². The van der Waals surface area contributed by atoms with Crippen LogP contribution in [-0.4, -0.2) is 15.3 Å². The van der Waals surface area contributed by atoms with Gasteiger partial charge >= 0.3 is 0 Å². The lowest BCUT2D eigenvalue weighted by atomic mass is 10.1. The number of aromatic nitrogens is 1. The number of hydrogen-bond donors (Lipinski definition) is 1. The fourth-order valence-corrected chi connectivity index (χ4v) is 3.25. The van der Waals surface area contributed by atoms with Crippen LogP contribution in [0.25, 0.3) is 5.52 Å². The minimum atomic E-state index is -0.0832. The highest BCUT2D eigenvalue weighted by Gasteiger charge is 2.20. The summed E-state index contributed by atoms with van der Waals surface area (Å²) in [6.07, 6.45) is 1.87. The number of ketones is 1. The molecular weight excluding hydrogens is 398 g/mol. The van der Waals surface area contributed by atoms with Crippen molar-refractivity contribution in [3.8, 4) is 5.75 Å². The molecule has 0 amide bonds. The first kappa shape index (κ1) is 14.4. The second-order valence-corrected chi connectivity index (χ2v) is 6.39. The Labute approximate surface area is 138 Å². The fourth-order valence-electron chi connectivity index (χ4n) is 2.36. The van der Waals surface area contributed by atoms with Crippen molar-refractivity contribution >= 4 is 43.2 Å². The van der Waals surface area contributed by atoms with Gasteiger partial charge in [0.1, 0.15) is 5.75 Å². The van der Waals surface area contributed by atoms with Crippen molar-refractivity contribution in [2.45, 2.75) is 6.92 Å². The third-order valence-electron chi connectivity index (χ3n) is 3.44. The Hall–Kier alpha value is -1.59. The van der Waals surface area contributed by atoms with Crippen molar-refractivity contribution in [1.82, 2.24) is 4.40 Å². The fraction of sp³-hybridized carbons (Fsp3) is 0.0625. The number of carbonyl (C=O) groups excluding carboxylic acids is 1. The lowest BCUT2D eigenvalue weighted by Crippen LogP contribution is -2.06. The van der Waals surface area contributed by atoms with E-state index in [1.807, 2.05) is 35.7 Å². The molecule has 0 saturated carbocycles. The Bertz CT molecular complexity index is 868. The summed E-state index contributed by atoms with van der Waals surface area (Å²) in [5, 5.41) is 9.56. The summed E-state index contributed by atoms with van der Waals surface area (Å²) in [4.78, 5) is 12.8. The maximum Gasteiger partial charge on any atom is 0.210 e. The smallest absolute Gasteiger partial charge is 0.210 e. The predicted molar refractivity (Wildman–Crippen MR) is 89.1 cm³/mol. The minimum absolute atomic E-state index is 0.0832. The van der Waals surface area contributed by atoms with Gasteiger partial charge in [-0.25, -0.2) is 0 Å². The zero-order valence-electron chi connectivity index (χ0n) is 11.1. The van der Waals surface area contributed by atoms with Crippen LogP contribution in [0.1, 0.15) is 21.6 Å². The Balaban J connectivity index is 2.22. The molecule has 1 N–H and O–H groups in total. The molecule has 0 bridgehead atoms. The number of hydrogen-bond acceptors (Lipinski definition) is 2. The molecule has 0 aliphatic carbocycles. The van der Waals surface area contributed by atoms with Gasteiger partial charge in [-0.1, -0.05) is 6.07 Å². The maximum absolute atomic E-state index is 12.8. The number of carbonyl (C=O) groups is 1. The van der Waals surface area contributed by atoms with E-state index in [1.54, 1.807) is 12.1 Å². The molecule has 3 nitrogen and oxygen atoms in total. The van der Waals surface area contributed by atoms with Gasteiger partial charge in [0.05, 0.1) is 15.7 Å². The Morgan fingerprint density at radius 2 is 1.95 bits per heavy atom. The quantitative estimate of drug-likeness (QED) is 0.624. The van der Waals surface area contributed by atoms with Gasteiger partial charge < -0.3 is 9.51 Å². The molecule has 0 unspecified atom stereocenters. The van der Waals surface area contributed by atoms with E-state index < -0.39 is 0 Å². The molecule has 0 aliphatic rings. The number of rotatable bonds is 2. The monoisotopic (exact) mass is 407 g/mol. The van der Waals surface area contributed by atoms with Gasteiger partial charge in [0.15, 0.2) is 0 Å². The summed E-state index contributed by atoms with van der Waals surface area (Å²) in [7, 11) is 0. The molecule has 106 valence electrons.